The van der Waals surface area contributed by atoms with Gasteiger partial charge in [-0.25, -0.2) is 0 Å². The maximum absolute atomic E-state index is 14.2. The SMILES string of the molecule is CC(C)CN(C(=O)c1ccc2ccccc2c1)[C@H]1CC(O)[C@@H]2CN(CC3CC3)CC[C@@]2(c2cccc(O)c2)C1. The number of aliphatic hydroxyl groups excluding tert-OH is 1. The van der Waals surface area contributed by atoms with E-state index < -0.39 is 6.10 Å². The topological polar surface area (TPSA) is 64.0 Å². The van der Waals surface area contributed by atoms with Gasteiger partial charge in [0.05, 0.1) is 6.10 Å². The minimum atomic E-state index is -0.507. The zero-order chi connectivity index (χ0) is 27.1. The monoisotopic (exact) mass is 526 g/mol. The van der Waals surface area contributed by atoms with E-state index in [1.165, 1.54) is 12.8 Å². The highest BCUT2D eigenvalue weighted by molar-refractivity contribution is 5.98. The molecule has 2 aliphatic carbocycles. The Morgan fingerprint density at radius 3 is 2.59 bits per heavy atom. The molecule has 0 spiro atoms. The van der Waals surface area contributed by atoms with Crippen LogP contribution in [0.25, 0.3) is 10.8 Å². The number of amides is 1. The second-order valence-corrected chi connectivity index (χ2v) is 12.8. The standard InChI is InChI=1S/C34H42N2O3/c1-23(2)20-36(33(39)27-13-12-25-6-3-4-7-26(25)16-27)29-18-32(38)31-22-35(21-24-10-11-24)15-14-34(31,19-29)28-8-5-9-30(37)17-28/h3-9,12-13,16-17,23-24,29,31-32,37-38H,10-11,14-15,18-22H2,1-2H3/t29-,31-,32?,34-/m0/s1. The van der Waals surface area contributed by atoms with Gasteiger partial charge in [0.1, 0.15) is 5.75 Å². The molecule has 1 heterocycles. The van der Waals surface area contributed by atoms with Crippen molar-refractivity contribution in [2.45, 2.75) is 63.5 Å². The minimum absolute atomic E-state index is 0.0438. The van der Waals surface area contributed by atoms with Crippen LogP contribution >= 0.6 is 0 Å². The lowest BCUT2D eigenvalue weighted by atomic mass is 9.56. The molecule has 206 valence electrons. The molecule has 6 rings (SSSR count). The summed E-state index contributed by atoms with van der Waals surface area (Å²) in [6.07, 6.45) is 4.47. The first-order valence-electron chi connectivity index (χ1n) is 14.8. The molecule has 0 aromatic heterocycles. The Morgan fingerprint density at radius 2 is 1.85 bits per heavy atom. The molecule has 1 amide bonds. The Morgan fingerprint density at radius 1 is 1.05 bits per heavy atom. The first-order valence-corrected chi connectivity index (χ1v) is 14.8. The number of aliphatic hydroxyl groups is 1. The molecule has 1 aliphatic heterocycles. The molecule has 1 unspecified atom stereocenters. The molecule has 39 heavy (non-hydrogen) atoms. The van der Waals surface area contributed by atoms with E-state index in [1.54, 1.807) is 6.07 Å². The van der Waals surface area contributed by atoms with E-state index >= 15 is 0 Å². The molecule has 2 N–H and O–H groups in total. The number of phenolic OH excluding ortho intramolecular Hbond substituents is 1. The molecule has 4 atom stereocenters. The molecule has 2 saturated carbocycles. The average molecular weight is 527 g/mol. The molecule has 3 fully saturated rings. The summed E-state index contributed by atoms with van der Waals surface area (Å²) in [4.78, 5) is 18.8. The van der Waals surface area contributed by atoms with Crippen LogP contribution in [0.3, 0.4) is 0 Å². The van der Waals surface area contributed by atoms with Gasteiger partial charge in [-0.1, -0.05) is 56.3 Å². The first kappa shape index (κ1) is 26.3. The lowest BCUT2D eigenvalue weighted by Crippen LogP contribution is -2.61. The fraction of sp³-hybridized carbons (Fsp3) is 0.500. The third-order valence-electron chi connectivity index (χ3n) is 9.51. The molecular formula is C34H42N2O3. The Kier molecular flexibility index (Phi) is 7.15. The number of piperidine rings is 1. The van der Waals surface area contributed by atoms with E-state index in [0.29, 0.717) is 24.4 Å². The normalized spacial score (nSPS) is 27.4. The van der Waals surface area contributed by atoms with Crippen LogP contribution in [0.15, 0.2) is 66.7 Å². The summed E-state index contributed by atoms with van der Waals surface area (Å²) in [5.41, 5.74) is 1.53. The van der Waals surface area contributed by atoms with Crippen molar-refractivity contribution in [3.63, 3.8) is 0 Å². The first-order chi connectivity index (χ1) is 18.8. The van der Waals surface area contributed by atoms with E-state index in [1.807, 2.05) is 42.5 Å². The van der Waals surface area contributed by atoms with E-state index in [9.17, 15) is 15.0 Å². The van der Waals surface area contributed by atoms with Gasteiger partial charge in [0.25, 0.3) is 5.91 Å². The summed E-state index contributed by atoms with van der Waals surface area (Å²) < 4.78 is 0. The quantitative estimate of drug-likeness (QED) is 0.406. The molecule has 0 radical (unpaired) electrons. The number of carbonyl (C=O) groups excluding carboxylic acids is 1. The number of benzene rings is 3. The van der Waals surface area contributed by atoms with Crippen molar-refractivity contribution < 1.29 is 15.0 Å². The van der Waals surface area contributed by atoms with Crippen LogP contribution in [0, 0.1) is 17.8 Å². The highest BCUT2D eigenvalue weighted by atomic mass is 16.3. The van der Waals surface area contributed by atoms with Crippen molar-refractivity contribution in [1.29, 1.82) is 0 Å². The number of aromatic hydroxyl groups is 1. The number of rotatable bonds is 7. The van der Waals surface area contributed by atoms with E-state index in [0.717, 1.165) is 54.7 Å². The zero-order valence-electron chi connectivity index (χ0n) is 23.3. The maximum Gasteiger partial charge on any atom is 0.254 e. The second kappa shape index (κ2) is 10.6. The average Bonchev–Trinajstić information content (AvgIpc) is 3.75. The van der Waals surface area contributed by atoms with Crippen LogP contribution in [0.5, 0.6) is 5.75 Å². The van der Waals surface area contributed by atoms with Gasteiger partial charge < -0.3 is 20.0 Å². The van der Waals surface area contributed by atoms with Crippen molar-refractivity contribution in [2.24, 2.45) is 17.8 Å². The molecule has 3 aromatic carbocycles. The summed E-state index contributed by atoms with van der Waals surface area (Å²) in [7, 11) is 0. The Hall–Kier alpha value is -2.89. The molecule has 3 aliphatic rings. The fourth-order valence-electron chi connectivity index (χ4n) is 7.42. The molecule has 3 aromatic rings. The fourth-order valence-corrected chi connectivity index (χ4v) is 7.42. The molecular weight excluding hydrogens is 484 g/mol. The lowest BCUT2D eigenvalue weighted by Gasteiger charge is -2.56. The van der Waals surface area contributed by atoms with Crippen LogP contribution < -0.4 is 0 Å². The number of carbonyl (C=O) groups is 1. The molecule has 1 saturated heterocycles. The number of phenols is 1. The van der Waals surface area contributed by atoms with Crippen LogP contribution in [-0.2, 0) is 5.41 Å². The van der Waals surface area contributed by atoms with Crippen molar-refractivity contribution in [3.05, 3.63) is 77.9 Å². The van der Waals surface area contributed by atoms with Gasteiger partial charge in [0, 0.05) is 42.6 Å². The largest absolute Gasteiger partial charge is 0.508 e. The van der Waals surface area contributed by atoms with Gasteiger partial charge in [-0.15, -0.1) is 0 Å². The van der Waals surface area contributed by atoms with Gasteiger partial charge in [-0.05, 0) is 91.1 Å². The summed E-state index contributed by atoms with van der Waals surface area (Å²) in [6.45, 7) is 7.96. The third kappa shape index (κ3) is 5.31. The predicted molar refractivity (Wildman–Crippen MR) is 156 cm³/mol. The number of fused-ring (bicyclic) bond motifs is 2. The van der Waals surface area contributed by atoms with E-state index in [-0.39, 0.29) is 29.0 Å². The molecule has 0 bridgehead atoms. The van der Waals surface area contributed by atoms with Crippen LogP contribution in [0.2, 0.25) is 0 Å². The van der Waals surface area contributed by atoms with Gasteiger partial charge in [-0.2, -0.15) is 0 Å². The predicted octanol–water partition coefficient (Wildman–Crippen LogP) is 5.84. The smallest absolute Gasteiger partial charge is 0.254 e. The number of nitrogens with zero attached hydrogens (tertiary/aromatic N) is 2. The summed E-state index contributed by atoms with van der Waals surface area (Å²) >= 11 is 0. The van der Waals surface area contributed by atoms with Crippen LogP contribution in [-0.4, -0.2) is 64.2 Å². The number of hydrogen-bond acceptors (Lipinski definition) is 4. The van der Waals surface area contributed by atoms with Crippen LogP contribution in [0.4, 0.5) is 0 Å². The van der Waals surface area contributed by atoms with Crippen molar-refractivity contribution in [2.75, 3.05) is 26.2 Å². The van der Waals surface area contributed by atoms with Gasteiger partial charge >= 0.3 is 0 Å². The zero-order valence-corrected chi connectivity index (χ0v) is 23.3. The molecule has 5 nitrogen and oxygen atoms in total. The summed E-state index contributed by atoms with van der Waals surface area (Å²) in [5.74, 6) is 1.51. The molecule has 5 heteroatoms. The lowest BCUT2D eigenvalue weighted by molar-refractivity contribution is -0.0655. The van der Waals surface area contributed by atoms with Crippen molar-refractivity contribution >= 4 is 16.7 Å². The third-order valence-corrected chi connectivity index (χ3v) is 9.51. The van der Waals surface area contributed by atoms with Crippen LogP contribution in [0.1, 0.15) is 61.9 Å². The summed E-state index contributed by atoms with van der Waals surface area (Å²) in [5, 5.41) is 24.4. The Labute approximate surface area is 232 Å². The minimum Gasteiger partial charge on any atom is -0.508 e. The number of hydrogen-bond donors (Lipinski definition) is 2. The number of likely N-dealkylation sites (tertiary alicyclic amines) is 1. The summed E-state index contributed by atoms with van der Waals surface area (Å²) in [6, 6.07) is 21.7. The Bertz CT molecular complexity index is 1330. The van der Waals surface area contributed by atoms with Crippen molar-refractivity contribution in [1.82, 2.24) is 9.80 Å². The van der Waals surface area contributed by atoms with Crippen molar-refractivity contribution in [3.8, 4) is 5.75 Å². The van der Waals surface area contributed by atoms with Gasteiger partial charge in [0.15, 0.2) is 0 Å². The van der Waals surface area contributed by atoms with Gasteiger partial charge in [-0.3, -0.25) is 4.79 Å². The second-order valence-electron chi connectivity index (χ2n) is 12.8. The van der Waals surface area contributed by atoms with E-state index in [4.69, 9.17) is 0 Å². The maximum atomic E-state index is 14.2. The van der Waals surface area contributed by atoms with Gasteiger partial charge in [0.2, 0.25) is 0 Å². The highest BCUT2D eigenvalue weighted by Crippen LogP contribution is 2.51. The van der Waals surface area contributed by atoms with E-state index in [2.05, 4.69) is 41.8 Å². The highest BCUT2D eigenvalue weighted by Gasteiger charge is 2.53. The Balaban J connectivity index is 1.35.